The first-order valence-electron chi connectivity index (χ1n) is 10.6. The van der Waals surface area contributed by atoms with E-state index in [-0.39, 0.29) is 22.4 Å². The fourth-order valence-corrected chi connectivity index (χ4v) is 8.12. The molecule has 6 aliphatic rings. The van der Waals surface area contributed by atoms with Crippen molar-refractivity contribution in [3.8, 4) is 0 Å². The van der Waals surface area contributed by atoms with Crippen LogP contribution in [0.2, 0.25) is 0 Å². The van der Waals surface area contributed by atoms with Crippen molar-refractivity contribution < 1.29 is 14.3 Å². The third-order valence-corrected chi connectivity index (χ3v) is 9.41. The van der Waals surface area contributed by atoms with Gasteiger partial charge in [0.1, 0.15) is 11.4 Å². The van der Waals surface area contributed by atoms with Crippen molar-refractivity contribution >= 4 is 11.8 Å². The molecule has 0 radical (unpaired) electrons. The number of Topliss-reactive ketones (excluding diaryl/α,β-unsaturated/α-hetero) is 1. The predicted octanol–water partition coefficient (Wildman–Crippen LogP) is 4.51. The molecule has 0 aromatic rings. The van der Waals surface area contributed by atoms with E-state index in [4.69, 9.17) is 4.74 Å². The third-order valence-electron chi connectivity index (χ3n) is 9.41. The lowest BCUT2D eigenvalue weighted by molar-refractivity contribution is -0.167. The first-order valence-corrected chi connectivity index (χ1v) is 10.6. The highest BCUT2D eigenvalue weighted by molar-refractivity contribution is 5.86. The molecule has 5 aliphatic carbocycles. The van der Waals surface area contributed by atoms with Gasteiger partial charge < -0.3 is 4.74 Å². The number of fused-ring (bicyclic) bond motifs is 6. The van der Waals surface area contributed by atoms with Crippen molar-refractivity contribution in [1.82, 2.24) is 0 Å². The Morgan fingerprint density at radius 2 is 1.92 bits per heavy atom. The molecule has 0 bridgehead atoms. The van der Waals surface area contributed by atoms with Crippen LogP contribution < -0.4 is 0 Å². The first-order chi connectivity index (χ1) is 12.5. The number of esters is 1. The Morgan fingerprint density at radius 1 is 1.08 bits per heavy atom. The minimum Gasteiger partial charge on any atom is -0.450 e. The van der Waals surface area contributed by atoms with Crippen LogP contribution in [-0.4, -0.2) is 17.4 Å². The summed E-state index contributed by atoms with van der Waals surface area (Å²) in [5.41, 5.74) is 3.14. The maximum absolute atomic E-state index is 12.1. The number of ketones is 1. The number of ether oxygens (including phenoxy) is 1. The van der Waals surface area contributed by atoms with E-state index in [1.807, 2.05) is 0 Å². The van der Waals surface area contributed by atoms with Gasteiger partial charge in [0.15, 0.2) is 0 Å². The zero-order valence-corrected chi connectivity index (χ0v) is 15.7. The molecule has 0 saturated heterocycles. The topological polar surface area (TPSA) is 43.4 Å². The van der Waals surface area contributed by atoms with Gasteiger partial charge in [-0.3, -0.25) is 4.79 Å². The molecule has 6 rings (SSSR count). The molecule has 0 aromatic carbocycles. The van der Waals surface area contributed by atoms with Crippen molar-refractivity contribution in [3.05, 3.63) is 23.3 Å². The number of carbonyl (C=O) groups excluding carboxylic acids is 2. The van der Waals surface area contributed by atoms with Gasteiger partial charge in [-0.2, -0.15) is 0 Å². The second-order valence-corrected chi connectivity index (χ2v) is 10.2. The number of hydrogen-bond acceptors (Lipinski definition) is 3. The molecule has 0 amide bonds. The van der Waals surface area contributed by atoms with Gasteiger partial charge in [-0.15, -0.1) is 0 Å². The van der Waals surface area contributed by atoms with Crippen molar-refractivity contribution in [2.24, 2.45) is 28.6 Å². The Morgan fingerprint density at radius 3 is 2.65 bits per heavy atom. The van der Waals surface area contributed by atoms with E-state index >= 15 is 0 Å². The standard InChI is InChI=1S/C23H28O3/c1-21-8-6-17-16-5-3-15(24)12-14(16)2-4-18(17)19(21)13-22(10-11-22)23(21)9-7-20(25)26-23/h7,9,17-19H,2-6,8,10-13H2,1H3/t17-,18-,19+,21+,23-/m1/s1. The van der Waals surface area contributed by atoms with Crippen LogP contribution in [0.4, 0.5) is 0 Å². The van der Waals surface area contributed by atoms with Gasteiger partial charge in [0, 0.05) is 29.7 Å². The first kappa shape index (κ1) is 15.7. The summed E-state index contributed by atoms with van der Waals surface area (Å²) in [5, 5.41) is 0. The van der Waals surface area contributed by atoms with Crippen LogP contribution in [0.5, 0.6) is 0 Å². The van der Waals surface area contributed by atoms with Gasteiger partial charge in [-0.1, -0.05) is 18.1 Å². The van der Waals surface area contributed by atoms with E-state index in [1.54, 1.807) is 11.6 Å². The van der Waals surface area contributed by atoms with Crippen molar-refractivity contribution in [1.29, 1.82) is 0 Å². The predicted molar refractivity (Wildman–Crippen MR) is 97.2 cm³/mol. The summed E-state index contributed by atoms with van der Waals surface area (Å²) < 4.78 is 6.15. The average Bonchev–Trinajstić information content (AvgIpc) is 3.24. The van der Waals surface area contributed by atoms with E-state index in [2.05, 4.69) is 13.0 Å². The maximum atomic E-state index is 12.1. The quantitative estimate of drug-likeness (QED) is 0.476. The molecule has 3 fully saturated rings. The van der Waals surface area contributed by atoms with Gasteiger partial charge in [0.05, 0.1) is 0 Å². The highest BCUT2D eigenvalue weighted by atomic mass is 16.6. The van der Waals surface area contributed by atoms with Gasteiger partial charge in [-0.25, -0.2) is 4.79 Å². The second kappa shape index (κ2) is 4.72. The molecule has 1 heterocycles. The molecule has 3 nitrogen and oxygen atoms in total. The van der Waals surface area contributed by atoms with E-state index < -0.39 is 0 Å². The molecular weight excluding hydrogens is 324 g/mol. The Hall–Kier alpha value is -1.38. The molecule has 2 spiro atoms. The van der Waals surface area contributed by atoms with Crippen molar-refractivity contribution in [2.45, 2.75) is 76.7 Å². The lowest BCUT2D eigenvalue weighted by atomic mass is 9.52. The van der Waals surface area contributed by atoms with Crippen LogP contribution in [-0.2, 0) is 14.3 Å². The Bertz CT molecular complexity index is 785. The van der Waals surface area contributed by atoms with Gasteiger partial charge in [0.2, 0.25) is 0 Å². The maximum Gasteiger partial charge on any atom is 0.331 e. The summed E-state index contributed by atoms with van der Waals surface area (Å²) in [7, 11) is 0. The molecule has 26 heavy (non-hydrogen) atoms. The Balaban J connectivity index is 1.40. The third kappa shape index (κ3) is 1.67. The minimum absolute atomic E-state index is 0.0931. The number of carbonyl (C=O) groups is 2. The average molecular weight is 352 g/mol. The summed E-state index contributed by atoms with van der Waals surface area (Å²) in [6.45, 7) is 2.43. The molecule has 5 atom stereocenters. The number of hydrogen-bond donors (Lipinski definition) is 0. The fourth-order valence-electron chi connectivity index (χ4n) is 8.12. The summed E-state index contributed by atoms with van der Waals surface area (Å²) >= 11 is 0. The van der Waals surface area contributed by atoms with Crippen molar-refractivity contribution in [2.75, 3.05) is 0 Å². The fraction of sp³-hybridized carbons (Fsp3) is 0.739. The van der Waals surface area contributed by atoms with Crippen LogP contribution >= 0.6 is 0 Å². The highest BCUT2D eigenvalue weighted by Gasteiger charge is 2.77. The molecular formula is C23H28O3. The summed E-state index contributed by atoms with van der Waals surface area (Å²) in [5.74, 6) is 2.40. The zero-order chi connectivity index (χ0) is 17.7. The van der Waals surface area contributed by atoms with Gasteiger partial charge in [0.25, 0.3) is 0 Å². The summed E-state index contributed by atoms with van der Waals surface area (Å²) in [6.07, 6.45) is 14.8. The van der Waals surface area contributed by atoms with Crippen LogP contribution in [0.25, 0.3) is 0 Å². The molecule has 3 saturated carbocycles. The molecule has 0 unspecified atom stereocenters. The van der Waals surface area contributed by atoms with Crippen LogP contribution in [0.15, 0.2) is 23.3 Å². The van der Waals surface area contributed by atoms with Gasteiger partial charge >= 0.3 is 5.97 Å². The largest absolute Gasteiger partial charge is 0.450 e. The SMILES string of the molecule is C[C@]12CC[C@@H]3C4=C(CC[C@H]3[C@@H]1CC1(CC1)[C@@]21C=CC(=O)O1)CC(=O)CC4. The molecule has 0 N–H and O–H groups in total. The normalized spacial score (nSPS) is 47.8. The van der Waals surface area contributed by atoms with E-state index in [9.17, 15) is 9.59 Å². The lowest BCUT2D eigenvalue weighted by Gasteiger charge is -2.54. The molecule has 3 heteroatoms. The van der Waals surface area contributed by atoms with Crippen LogP contribution in [0.3, 0.4) is 0 Å². The molecule has 0 aromatic heterocycles. The molecule has 1 aliphatic heterocycles. The smallest absolute Gasteiger partial charge is 0.331 e. The highest BCUT2D eigenvalue weighted by Crippen LogP contribution is 2.78. The van der Waals surface area contributed by atoms with Crippen LogP contribution in [0.1, 0.15) is 71.1 Å². The van der Waals surface area contributed by atoms with Crippen molar-refractivity contribution in [3.63, 3.8) is 0 Å². The number of allylic oxidation sites excluding steroid dienone is 2. The zero-order valence-electron chi connectivity index (χ0n) is 15.7. The summed E-state index contributed by atoms with van der Waals surface area (Å²) in [6, 6.07) is 0. The number of rotatable bonds is 0. The van der Waals surface area contributed by atoms with E-state index in [0.29, 0.717) is 17.6 Å². The lowest BCUT2D eigenvalue weighted by Crippen LogP contribution is -2.53. The monoisotopic (exact) mass is 352 g/mol. The molecule has 138 valence electrons. The minimum atomic E-state index is -0.329. The van der Waals surface area contributed by atoms with Gasteiger partial charge in [-0.05, 0) is 75.2 Å². The van der Waals surface area contributed by atoms with E-state index in [0.717, 1.165) is 38.0 Å². The second-order valence-electron chi connectivity index (χ2n) is 10.2. The Labute approximate surface area is 155 Å². The Kier molecular flexibility index (Phi) is 2.84. The van der Waals surface area contributed by atoms with E-state index in [1.165, 1.54) is 37.7 Å². The summed E-state index contributed by atoms with van der Waals surface area (Å²) in [4.78, 5) is 24.0. The van der Waals surface area contributed by atoms with Crippen LogP contribution in [0, 0.1) is 28.6 Å².